The van der Waals surface area contributed by atoms with Crippen LogP contribution in [0.3, 0.4) is 0 Å². The van der Waals surface area contributed by atoms with Crippen molar-refractivity contribution in [2.75, 3.05) is 0 Å². The van der Waals surface area contributed by atoms with Crippen molar-refractivity contribution in [2.45, 2.75) is 6.42 Å². The Hall–Kier alpha value is -1.31. The first kappa shape index (κ1) is 7.35. The molecule has 1 aromatic carbocycles. The highest BCUT2D eigenvalue weighted by Gasteiger charge is 2.07. The maximum Gasteiger partial charge on any atom is 0.134 e. The number of furan rings is 1. The third-order valence-corrected chi connectivity index (χ3v) is 1.88. The van der Waals surface area contributed by atoms with Gasteiger partial charge in [0, 0.05) is 11.8 Å². The van der Waals surface area contributed by atoms with E-state index in [0.717, 1.165) is 5.39 Å². The summed E-state index contributed by atoms with van der Waals surface area (Å²) in [5.74, 6) is 0.378. The van der Waals surface area contributed by atoms with Gasteiger partial charge >= 0.3 is 0 Å². The molecule has 1 heterocycles. The lowest BCUT2D eigenvalue weighted by molar-refractivity contribution is 0.525. The summed E-state index contributed by atoms with van der Waals surface area (Å²) in [5, 5.41) is 1.36. The second kappa shape index (κ2) is 2.63. The van der Waals surface area contributed by atoms with Gasteiger partial charge in [-0.3, -0.25) is 0 Å². The van der Waals surface area contributed by atoms with E-state index in [0.29, 0.717) is 17.6 Å². The van der Waals surface area contributed by atoms with E-state index in [-0.39, 0.29) is 5.82 Å². The third kappa shape index (κ3) is 0.916. The van der Waals surface area contributed by atoms with Crippen LogP contribution in [0, 0.1) is 12.7 Å². The van der Waals surface area contributed by atoms with Crippen molar-refractivity contribution in [1.29, 1.82) is 0 Å². The fraction of sp³-hybridized carbons (Fsp3) is 0.100. The predicted molar refractivity (Wildman–Crippen MR) is 45.2 cm³/mol. The molecule has 0 fully saturated rings. The third-order valence-electron chi connectivity index (χ3n) is 1.88. The molecule has 2 heteroatoms. The second-order valence-electron chi connectivity index (χ2n) is 2.61. The first-order valence-electron chi connectivity index (χ1n) is 3.77. The minimum atomic E-state index is -0.236. The monoisotopic (exact) mass is 163 g/mol. The molecule has 0 saturated heterocycles. The van der Waals surface area contributed by atoms with Crippen molar-refractivity contribution in [2.24, 2.45) is 0 Å². The first-order valence-corrected chi connectivity index (χ1v) is 3.77. The van der Waals surface area contributed by atoms with Gasteiger partial charge in [-0.05, 0) is 13.0 Å². The van der Waals surface area contributed by atoms with Crippen LogP contribution in [0.15, 0.2) is 28.9 Å². The molecule has 2 rings (SSSR count). The smallest absolute Gasteiger partial charge is 0.134 e. The van der Waals surface area contributed by atoms with E-state index in [2.05, 4.69) is 6.92 Å². The number of hydrogen-bond acceptors (Lipinski definition) is 1. The summed E-state index contributed by atoms with van der Waals surface area (Å²) in [6.07, 6.45) is 2.03. The van der Waals surface area contributed by atoms with E-state index in [4.69, 9.17) is 4.42 Å². The zero-order chi connectivity index (χ0) is 8.55. The van der Waals surface area contributed by atoms with E-state index >= 15 is 0 Å². The van der Waals surface area contributed by atoms with Crippen LogP contribution in [0.1, 0.15) is 5.76 Å². The van der Waals surface area contributed by atoms with Crippen LogP contribution >= 0.6 is 0 Å². The number of benzene rings is 1. The molecule has 1 aromatic heterocycles. The molecule has 0 atom stereocenters. The zero-order valence-corrected chi connectivity index (χ0v) is 6.51. The summed E-state index contributed by atoms with van der Waals surface area (Å²) in [6, 6.07) is 4.91. The minimum absolute atomic E-state index is 0.236. The summed E-state index contributed by atoms with van der Waals surface area (Å²) in [5.41, 5.74) is 0. The van der Waals surface area contributed by atoms with Crippen LogP contribution < -0.4 is 0 Å². The first-order chi connectivity index (χ1) is 5.83. The summed E-state index contributed by atoms with van der Waals surface area (Å²) < 4.78 is 18.3. The molecular weight excluding hydrogens is 155 g/mol. The topological polar surface area (TPSA) is 13.1 Å². The molecule has 0 unspecified atom stereocenters. The van der Waals surface area contributed by atoms with Gasteiger partial charge in [0.2, 0.25) is 0 Å². The Kier molecular flexibility index (Phi) is 1.61. The normalized spacial score (nSPS) is 10.8. The predicted octanol–water partition coefficient (Wildman–Crippen LogP) is 2.95. The van der Waals surface area contributed by atoms with E-state index in [1.807, 2.05) is 6.07 Å². The lowest BCUT2D eigenvalue weighted by atomic mass is 10.1. The molecule has 0 spiro atoms. The average molecular weight is 163 g/mol. The molecule has 0 bridgehead atoms. The van der Waals surface area contributed by atoms with Gasteiger partial charge < -0.3 is 4.42 Å². The largest absolute Gasteiger partial charge is 0.468 e. The van der Waals surface area contributed by atoms with E-state index < -0.39 is 0 Å². The van der Waals surface area contributed by atoms with Gasteiger partial charge in [-0.15, -0.1) is 0 Å². The molecule has 0 aliphatic rings. The Labute approximate surface area is 69.8 Å². The van der Waals surface area contributed by atoms with Crippen molar-refractivity contribution < 1.29 is 8.81 Å². The van der Waals surface area contributed by atoms with Crippen LogP contribution in [-0.2, 0) is 6.42 Å². The summed E-state index contributed by atoms with van der Waals surface area (Å²) >= 11 is 0. The van der Waals surface area contributed by atoms with E-state index in [9.17, 15) is 4.39 Å². The zero-order valence-electron chi connectivity index (χ0n) is 6.51. The summed E-state index contributed by atoms with van der Waals surface area (Å²) in [4.78, 5) is 0. The Balaban J connectivity index is 2.83. The lowest BCUT2D eigenvalue weighted by Gasteiger charge is -1.92. The van der Waals surface area contributed by atoms with Gasteiger partial charge in [0.15, 0.2) is 0 Å². The number of fused-ring (bicyclic) bond motifs is 1. The van der Waals surface area contributed by atoms with Crippen molar-refractivity contribution in [3.8, 4) is 0 Å². The fourth-order valence-corrected chi connectivity index (χ4v) is 1.31. The highest BCUT2D eigenvalue weighted by atomic mass is 19.1. The average Bonchev–Trinajstić information content (AvgIpc) is 2.49. The molecular formula is C10H8FO. The molecule has 0 saturated carbocycles. The molecule has 61 valence electrons. The minimum Gasteiger partial charge on any atom is -0.468 e. The Morgan fingerprint density at radius 3 is 3.00 bits per heavy atom. The Morgan fingerprint density at radius 1 is 1.42 bits per heavy atom. The van der Waals surface area contributed by atoms with Gasteiger partial charge in [-0.25, -0.2) is 4.39 Å². The maximum absolute atomic E-state index is 13.2. The van der Waals surface area contributed by atoms with Gasteiger partial charge in [0.25, 0.3) is 0 Å². The molecule has 0 N–H and O–H groups in total. The van der Waals surface area contributed by atoms with E-state index in [1.54, 1.807) is 12.3 Å². The van der Waals surface area contributed by atoms with Crippen LogP contribution in [0.4, 0.5) is 4.39 Å². The SMILES string of the molecule is [CH2]Cc1occ2cccc(F)c12. The molecule has 12 heavy (non-hydrogen) atoms. The number of hydrogen-bond donors (Lipinski definition) is 0. The molecule has 0 aliphatic heterocycles. The summed E-state index contributed by atoms with van der Waals surface area (Å²) in [6.45, 7) is 3.66. The van der Waals surface area contributed by atoms with Gasteiger partial charge in [0.1, 0.15) is 11.6 Å². The second-order valence-corrected chi connectivity index (χ2v) is 2.61. The molecule has 2 aromatic rings. The number of rotatable bonds is 1. The van der Waals surface area contributed by atoms with Gasteiger partial charge in [0.05, 0.1) is 11.6 Å². The van der Waals surface area contributed by atoms with E-state index in [1.165, 1.54) is 6.07 Å². The van der Waals surface area contributed by atoms with Gasteiger partial charge in [-0.2, -0.15) is 0 Å². The standard InChI is InChI=1S/C10H8FO/c1-2-9-10-7(6-12-9)4-3-5-8(10)11/h3-6H,1-2H2. The maximum atomic E-state index is 13.2. The van der Waals surface area contributed by atoms with Crippen molar-refractivity contribution in [1.82, 2.24) is 0 Å². The van der Waals surface area contributed by atoms with Crippen LogP contribution in [0.2, 0.25) is 0 Å². The Morgan fingerprint density at radius 2 is 2.25 bits per heavy atom. The molecule has 1 nitrogen and oxygen atoms in total. The highest BCUT2D eigenvalue weighted by Crippen LogP contribution is 2.23. The van der Waals surface area contributed by atoms with Crippen molar-refractivity contribution in [3.63, 3.8) is 0 Å². The molecule has 1 radical (unpaired) electrons. The van der Waals surface area contributed by atoms with Crippen molar-refractivity contribution >= 4 is 10.8 Å². The van der Waals surface area contributed by atoms with Crippen LogP contribution in [0.5, 0.6) is 0 Å². The fourth-order valence-electron chi connectivity index (χ4n) is 1.31. The van der Waals surface area contributed by atoms with Crippen molar-refractivity contribution in [3.05, 3.63) is 43.0 Å². The number of halogens is 1. The molecule has 0 aliphatic carbocycles. The molecule has 0 amide bonds. The summed E-state index contributed by atoms with van der Waals surface area (Å²) in [7, 11) is 0. The lowest BCUT2D eigenvalue weighted by Crippen LogP contribution is -1.80. The van der Waals surface area contributed by atoms with Crippen LogP contribution in [0.25, 0.3) is 10.8 Å². The van der Waals surface area contributed by atoms with Gasteiger partial charge in [-0.1, -0.05) is 12.1 Å². The quantitative estimate of drug-likeness (QED) is 0.630. The van der Waals surface area contributed by atoms with Crippen LogP contribution in [-0.4, -0.2) is 0 Å². The highest BCUT2D eigenvalue weighted by molar-refractivity contribution is 5.84. The Bertz CT molecular complexity index is 403.